The first-order chi connectivity index (χ1) is 35.0. The van der Waals surface area contributed by atoms with E-state index in [2.05, 4.69) is 74.5 Å². The Morgan fingerprint density at radius 3 is 0.903 bits per heavy atom. The monoisotopic (exact) mass is 992 g/mol. The molecular formula is C56H64O16. The zero-order valence-corrected chi connectivity index (χ0v) is 41.9. The molecule has 0 spiro atoms. The van der Waals surface area contributed by atoms with Crippen molar-refractivity contribution in [1.29, 1.82) is 0 Å². The molecule has 72 heavy (non-hydrogen) atoms. The van der Waals surface area contributed by atoms with Crippen LogP contribution < -0.4 is 28.4 Å². The highest BCUT2D eigenvalue weighted by atomic mass is 16.7. The first kappa shape index (κ1) is 58.6. The number of aromatic hydroxyl groups is 2. The van der Waals surface area contributed by atoms with Crippen LogP contribution in [0.1, 0.15) is 54.1 Å². The average molecular weight is 993 g/mol. The van der Waals surface area contributed by atoms with Crippen LogP contribution in [0.25, 0.3) is 24.3 Å². The largest absolute Gasteiger partial charge is 0.504 e. The van der Waals surface area contributed by atoms with Gasteiger partial charge in [0.15, 0.2) is 86.8 Å². The Hall–Kier alpha value is -7.70. The minimum atomic E-state index is -0.274. The van der Waals surface area contributed by atoms with E-state index in [4.69, 9.17) is 67.1 Å². The van der Waals surface area contributed by atoms with E-state index < -0.39 is 0 Å². The number of phenolic OH excluding ortho intramolecular Hbond substituents is 2. The van der Waals surface area contributed by atoms with Gasteiger partial charge in [-0.15, -0.1) is 0 Å². The smallest absolute Gasteiger partial charge is 0.188 e. The minimum Gasteiger partial charge on any atom is -0.504 e. The molecule has 0 unspecified atom stereocenters. The van der Waals surface area contributed by atoms with Crippen LogP contribution >= 0.6 is 0 Å². The number of hydrogen-bond donors (Lipinski definition) is 2. The number of aldehydes is 2. The van der Waals surface area contributed by atoms with Gasteiger partial charge in [0.1, 0.15) is 12.6 Å². The summed E-state index contributed by atoms with van der Waals surface area (Å²) >= 11 is 0. The van der Waals surface area contributed by atoms with Gasteiger partial charge in [-0.05, 0) is 96.8 Å². The summed E-state index contributed by atoms with van der Waals surface area (Å²) in [5.74, 6) is 2.95. The molecule has 16 heteroatoms. The maximum absolute atomic E-state index is 10.6. The van der Waals surface area contributed by atoms with Crippen LogP contribution in [0, 0.1) is 13.8 Å². The molecule has 16 nitrogen and oxygen atoms in total. The van der Waals surface area contributed by atoms with Crippen molar-refractivity contribution in [2.24, 2.45) is 0 Å². The second kappa shape index (κ2) is 34.6. The van der Waals surface area contributed by atoms with E-state index in [0.717, 1.165) is 28.5 Å². The molecule has 0 saturated carbocycles. The lowest BCUT2D eigenvalue weighted by molar-refractivity contribution is 0.0322. The zero-order valence-electron chi connectivity index (χ0n) is 41.9. The third-order valence-electron chi connectivity index (χ3n) is 9.26. The maximum Gasteiger partial charge on any atom is 0.188 e. The van der Waals surface area contributed by atoms with Gasteiger partial charge in [0.05, 0.1) is 0 Å². The Morgan fingerprint density at radius 2 is 0.583 bits per heavy atom. The van der Waals surface area contributed by atoms with Gasteiger partial charge in [-0.3, -0.25) is 9.59 Å². The highest BCUT2D eigenvalue weighted by Crippen LogP contribution is 2.31. The van der Waals surface area contributed by atoms with Crippen molar-refractivity contribution >= 4 is 36.9 Å². The molecule has 6 aromatic carbocycles. The van der Waals surface area contributed by atoms with Crippen molar-refractivity contribution < 1.29 is 76.6 Å². The van der Waals surface area contributed by atoms with Gasteiger partial charge >= 0.3 is 0 Å². The Labute approximate surface area is 421 Å². The number of methoxy groups -OCH3 is 6. The van der Waals surface area contributed by atoms with Crippen molar-refractivity contribution in [1.82, 2.24) is 0 Å². The first-order valence-corrected chi connectivity index (χ1v) is 22.1. The number of phenols is 2. The molecule has 0 aliphatic carbocycles. The van der Waals surface area contributed by atoms with Crippen molar-refractivity contribution in [3.63, 3.8) is 0 Å². The Bertz CT molecular complexity index is 2420. The number of ether oxygens (including phenoxy) is 12. The van der Waals surface area contributed by atoms with E-state index in [1.54, 1.807) is 46.6 Å². The van der Waals surface area contributed by atoms with Crippen molar-refractivity contribution in [3.8, 4) is 46.0 Å². The molecule has 0 aromatic heterocycles. The fourth-order valence-electron chi connectivity index (χ4n) is 5.64. The third-order valence-corrected chi connectivity index (χ3v) is 9.26. The summed E-state index contributed by atoms with van der Waals surface area (Å²) in [6, 6.07) is 36.9. The number of aryl methyl sites for hydroxylation is 2. The molecule has 0 fully saturated rings. The minimum absolute atomic E-state index is 0.0889. The van der Waals surface area contributed by atoms with Gasteiger partial charge < -0.3 is 67.1 Å². The zero-order chi connectivity index (χ0) is 52.4. The quantitative estimate of drug-likeness (QED) is 0.0252. The SMILES string of the molecule is COCOc1ccc(/C=C/c2ccc(C)cc2)cc1OCOC.COCOc1ccc(/C=C/c2ccc(C)cc2)cc1OCOC.COCOc1ccc(C=O)cc1OCOC.O=Cc1ccc(O)c(O)c1. The van der Waals surface area contributed by atoms with Crippen LogP contribution in [0.5, 0.6) is 46.0 Å². The summed E-state index contributed by atoms with van der Waals surface area (Å²) < 4.78 is 61.9. The Balaban J connectivity index is 0.000000264. The van der Waals surface area contributed by atoms with Crippen molar-refractivity contribution in [3.05, 3.63) is 166 Å². The Kier molecular flexibility index (Phi) is 28.1. The van der Waals surface area contributed by atoms with Crippen LogP contribution in [-0.4, -0.2) is 106 Å². The van der Waals surface area contributed by atoms with Gasteiger partial charge in [0.25, 0.3) is 0 Å². The van der Waals surface area contributed by atoms with Crippen LogP contribution in [0.3, 0.4) is 0 Å². The summed E-state index contributed by atoms with van der Waals surface area (Å²) in [5.41, 5.74) is 7.67. The van der Waals surface area contributed by atoms with Crippen molar-refractivity contribution in [2.45, 2.75) is 13.8 Å². The highest BCUT2D eigenvalue weighted by molar-refractivity contribution is 5.77. The molecule has 2 N–H and O–H groups in total. The van der Waals surface area contributed by atoms with E-state index in [9.17, 15) is 9.59 Å². The van der Waals surface area contributed by atoms with E-state index in [1.807, 2.05) is 48.6 Å². The topological polar surface area (TPSA) is 185 Å². The number of benzene rings is 6. The van der Waals surface area contributed by atoms with Crippen LogP contribution in [0.4, 0.5) is 0 Å². The predicted molar refractivity (Wildman–Crippen MR) is 275 cm³/mol. The average Bonchev–Trinajstić information content (AvgIpc) is 3.41. The summed E-state index contributed by atoms with van der Waals surface area (Å²) in [6.07, 6.45) is 9.52. The molecule has 6 rings (SSSR count). The number of carbonyl (C=O) groups excluding carboxylic acids is 2. The molecule has 6 aromatic rings. The summed E-state index contributed by atoms with van der Waals surface area (Å²) in [7, 11) is 9.35. The van der Waals surface area contributed by atoms with Gasteiger partial charge in [0, 0.05) is 53.8 Å². The van der Waals surface area contributed by atoms with Gasteiger partial charge in [-0.2, -0.15) is 0 Å². The molecule has 384 valence electrons. The number of carbonyl (C=O) groups is 2. The van der Waals surface area contributed by atoms with Crippen LogP contribution in [0.15, 0.2) is 121 Å². The second-order valence-corrected chi connectivity index (χ2v) is 14.9. The third kappa shape index (κ3) is 22.4. The number of hydrogen-bond acceptors (Lipinski definition) is 16. The maximum atomic E-state index is 10.6. The van der Waals surface area contributed by atoms with E-state index in [1.165, 1.54) is 43.5 Å². The lowest BCUT2D eigenvalue weighted by Crippen LogP contribution is -2.04. The summed E-state index contributed by atoms with van der Waals surface area (Å²) in [6.45, 7) is 5.01. The molecule has 0 bridgehead atoms. The van der Waals surface area contributed by atoms with E-state index >= 15 is 0 Å². The molecule has 0 heterocycles. The molecule has 0 amide bonds. The molecule has 0 atom stereocenters. The predicted octanol–water partition coefficient (Wildman–Crippen LogP) is 10.6. The molecule has 0 aliphatic rings. The normalized spacial score (nSPS) is 10.4. The summed E-state index contributed by atoms with van der Waals surface area (Å²) in [5, 5.41) is 17.6. The van der Waals surface area contributed by atoms with Crippen LogP contribution in [0.2, 0.25) is 0 Å². The van der Waals surface area contributed by atoms with Gasteiger partial charge in [0.2, 0.25) is 0 Å². The van der Waals surface area contributed by atoms with Gasteiger partial charge in [-0.25, -0.2) is 0 Å². The molecule has 0 aliphatic heterocycles. The summed E-state index contributed by atoms with van der Waals surface area (Å²) in [4.78, 5) is 20.7. The molecule has 0 radical (unpaired) electrons. The fraction of sp³-hybridized carbons (Fsp3) is 0.250. The van der Waals surface area contributed by atoms with Gasteiger partial charge in [-0.1, -0.05) is 96.1 Å². The lowest BCUT2D eigenvalue weighted by atomic mass is 10.1. The molecular weight excluding hydrogens is 929 g/mol. The van der Waals surface area contributed by atoms with Crippen molar-refractivity contribution in [2.75, 3.05) is 83.4 Å². The second-order valence-electron chi connectivity index (χ2n) is 14.9. The van der Waals surface area contributed by atoms with E-state index in [-0.39, 0.29) is 52.3 Å². The standard InChI is InChI=1S/2C19H22O4.C11H14O5.C7H6O3/c2*1-15-4-6-16(7-5-15)8-9-17-10-11-18(22-13-20-2)19(12-17)23-14-21-3;1-13-7-15-10-4-3-9(6-12)5-11(10)16-8-14-2;8-4-5-1-2-6(9)7(10)3-5/h2*4-12H,13-14H2,1-3H3;3-6H,7-8H2,1-2H3;1-4,9-10H/b2*9-8+;;. The first-order valence-electron chi connectivity index (χ1n) is 22.1. The van der Waals surface area contributed by atoms with Crippen LogP contribution in [-0.2, 0) is 28.4 Å². The van der Waals surface area contributed by atoms with E-state index in [0.29, 0.717) is 51.9 Å². The Morgan fingerprint density at radius 1 is 0.319 bits per heavy atom. The number of rotatable bonds is 24. The highest BCUT2D eigenvalue weighted by Gasteiger charge is 2.09. The fourth-order valence-corrected chi connectivity index (χ4v) is 5.64. The molecule has 0 saturated heterocycles. The lowest BCUT2D eigenvalue weighted by Gasteiger charge is -2.12.